The third-order valence-corrected chi connectivity index (χ3v) is 3.52. The normalized spacial score (nSPS) is 29.1. The average Bonchev–Trinajstić information content (AvgIpc) is 3.01. The molecule has 1 saturated heterocycles. The van der Waals surface area contributed by atoms with Gasteiger partial charge in [-0.1, -0.05) is 6.07 Å². The van der Waals surface area contributed by atoms with E-state index >= 15 is 0 Å². The Balaban J connectivity index is 2.02. The fraction of sp³-hybridized carbons (Fsp3) is 0.417. The first kappa shape index (κ1) is 13.9. The van der Waals surface area contributed by atoms with Crippen molar-refractivity contribution in [3.8, 4) is 0 Å². The number of ether oxygens (including phenoxy) is 1. The van der Waals surface area contributed by atoms with Crippen LogP contribution in [0.25, 0.3) is 10.9 Å². The molecule has 1 aliphatic heterocycles. The summed E-state index contributed by atoms with van der Waals surface area (Å²) >= 11 is 0. The largest absolute Gasteiger partial charge is 0.394 e. The van der Waals surface area contributed by atoms with Gasteiger partial charge in [0.2, 0.25) is 0 Å². The molecule has 0 spiro atoms. The summed E-state index contributed by atoms with van der Waals surface area (Å²) in [6, 6.07) is 4.46. The molecule has 0 saturated carbocycles. The summed E-state index contributed by atoms with van der Waals surface area (Å²) in [6.07, 6.45) is -3.08. The van der Waals surface area contributed by atoms with Gasteiger partial charge in [-0.15, -0.1) is 0 Å². The Hall–Kier alpha value is -2.07. The van der Waals surface area contributed by atoms with E-state index in [2.05, 4.69) is 5.10 Å². The molecule has 1 aliphatic rings. The van der Waals surface area contributed by atoms with Crippen LogP contribution in [-0.4, -0.2) is 54.9 Å². The van der Waals surface area contributed by atoms with Crippen LogP contribution in [0.15, 0.2) is 24.4 Å². The lowest BCUT2D eigenvalue weighted by Gasteiger charge is -2.14. The summed E-state index contributed by atoms with van der Waals surface area (Å²) in [4.78, 5) is 10.5. The minimum Gasteiger partial charge on any atom is -0.394 e. The van der Waals surface area contributed by atoms with Crippen molar-refractivity contribution in [1.29, 1.82) is 0 Å². The Morgan fingerprint density at radius 1 is 1.38 bits per heavy atom. The van der Waals surface area contributed by atoms with E-state index in [4.69, 9.17) is 9.84 Å². The van der Waals surface area contributed by atoms with E-state index in [1.54, 1.807) is 6.07 Å². The second-order valence-electron chi connectivity index (χ2n) is 4.81. The monoisotopic (exact) mass is 295 g/mol. The van der Waals surface area contributed by atoms with Gasteiger partial charge in [-0.2, -0.15) is 5.10 Å². The highest BCUT2D eigenvalue weighted by Gasteiger charge is 2.43. The molecule has 0 aliphatic carbocycles. The smallest absolute Gasteiger partial charge is 0.280 e. The first-order valence-corrected chi connectivity index (χ1v) is 6.27. The van der Waals surface area contributed by atoms with Gasteiger partial charge in [-0.05, 0) is 6.07 Å². The highest BCUT2D eigenvalue weighted by atomic mass is 16.6. The third kappa shape index (κ3) is 2.16. The molecule has 0 amide bonds. The lowest BCUT2D eigenvalue weighted by atomic mass is 10.1. The molecule has 0 radical (unpaired) electrons. The topological polar surface area (TPSA) is 131 Å². The number of benzene rings is 1. The number of hydrogen-bond donors (Lipinski definition) is 3. The zero-order chi connectivity index (χ0) is 15.1. The molecule has 1 aromatic carbocycles. The summed E-state index contributed by atoms with van der Waals surface area (Å²) in [5.41, 5.74) is 0.271. The molecule has 4 atom stereocenters. The summed E-state index contributed by atoms with van der Waals surface area (Å²) in [6.45, 7) is -0.449. The van der Waals surface area contributed by atoms with Gasteiger partial charge in [0.05, 0.1) is 22.4 Å². The molecule has 9 heteroatoms. The SMILES string of the molecule is O=[N+]([O-])c1cccc2nn([C@@H]3O[C@H](CO)[C@@H](O)[C@H]3O)cc12. The van der Waals surface area contributed by atoms with E-state index in [0.717, 1.165) is 0 Å². The van der Waals surface area contributed by atoms with E-state index in [1.165, 1.54) is 23.0 Å². The first-order chi connectivity index (χ1) is 10.0. The molecule has 9 nitrogen and oxygen atoms in total. The maximum Gasteiger partial charge on any atom is 0.280 e. The number of rotatable bonds is 3. The third-order valence-electron chi connectivity index (χ3n) is 3.52. The Morgan fingerprint density at radius 3 is 2.76 bits per heavy atom. The van der Waals surface area contributed by atoms with Crippen molar-refractivity contribution in [3.05, 3.63) is 34.5 Å². The zero-order valence-electron chi connectivity index (χ0n) is 10.7. The van der Waals surface area contributed by atoms with Crippen LogP contribution in [0.3, 0.4) is 0 Å². The van der Waals surface area contributed by atoms with Crippen LogP contribution >= 0.6 is 0 Å². The van der Waals surface area contributed by atoms with Gasteiger partial charge in [-0.3, -0.25) is 10.1 Å². The van der Waals surface area contributed by atoms with Gasteiger partial charge in [0.15, 0.2) is 6.23 Å². The second-order valence-corrected chi connectivity index (χ2v) is 4.81. The molecule has 2 aromatic rings. The van der Waals surface area contributed by atoms with Crippen LogP contribution < -0.4 is 0 Å². The summed E-state index contributed by atoms with van der Waals surface area (Å²) in [7, 11) is 0. The number of hydrogen-bond acceptors (Lipinski definition) is 7. The number of nitro benzene ring substituents is 1. The predicted molar refractivity (Wildman–Crippen MR) is 69.4 cm³/mol. The van der Waals surface area contributed by atoms with Crippen molar-refractivity contribution in [2.45, 2.75) is 24.5 Å². The van der Waals surface area contributed by atoms with Crippen molar-refractivity contribution in [2.24, 2.45) is 0 Å². The Kier molecular flexibility index (Phi) is 3.33. The molecule has 3 N–H and O–H groups in total. The molecule has 1 aromatic heterocycles. The van der Waals surface area contributed by atoms with E-state index in [9.17, 15) is 20.3 Å². The molecular weight excluding hydrogens is 282 g/mol. The number of fused-ring (bicyclic) bond motifs is 1. The molecule has 21 heavy (non-hydrogen) atoms. The van der Waals surface area contributed by atoms with E-state index in [1.807, 2.05) is 0 Å². The molecule has 112 valence electrons. The zero-order valence-corrected chi connectivity index (χ0v) is 10.7. The van der Waals surface area contributed by atoms with Crippen LogP contribution in [0, 0.1) is 10.1 Å². The molecule has 2 heterocycles. The fourth-order valence-corrected chi connectivity index (χ4v) is 2.43. The highest BCUT2D eigenvalue weighted by Crippen LogP contribution is 2.32. The minimum atomic E-state index is -1.28. The standard InChI is InChI=1S/C12H13N3O6/c16-5-9-10(17)11(18)12(21-9)14-4-6-7(13-14)2-1-3-8(6)15(19)20/h1-4,9-12,16-18H,5H2/t9-,10-,11-,12-/m1/s1. The number of non-ortho nitro benzene ring substituents is 1. The highest BCUT2D eigenvalue weighted by molar-refractivity contribution is 5.87. The predicted octanol–water partition coefficient (Wildman–Crippen LogP) is -0.444. The van der Waals surface area contributed by atoms with Crippen LogP contribution in [-0.2, 0) is 4.74 Å². The van der Waals surface area contributed by atoms with Gasteiger partial charge >= 0.3 is 0 Å². The average molecular weight is 295 g/mol. The lowest BCUT2D eigenvalue weighted by Crippen LogP contribution is -2.33. The van der Waals surface area contributed by atoms with Crippen molar-refractivity contribution in [1.82, 2.24) is 9.78 Å². The maximum absolute atomic E-state index is 11.0. The van der Waals surface area contributed by atoms with E-state index in [0.29, 0.717) is 10.9 Å². The number of nitrogens with zero attached hydrogens (tertiary/aromatic N) is 3. The van der Waals surface area contributed by atoms with Crippen molar-refractivity contribution in [2.75, 3.05) is 6.61 Å². The van der Waals surface area contributed by atoms with Gasteiger partial charge < -0.3 is 20.1 Å². The maximum atomic E-state index is 11.0. The minimum absolute atomic E-state index is 0.106. The first-order valence-electron chi connectivity index (χ1n) is 6.27. The summed E-state index contributed by atoms with van der Waals surface area (Å²) in [5, 5.41) is 44.1. The Labute approximate surface area is 118 Å². The fourth-order valence-electron chi connectivity index (χ4n) is 2.43. The number of aliphatic hydroxyl groups excluding tert-OH is 3. The molecule has 3 rings (SSSR count). The lowest BCUT2D eigenvalue weighted by molar-refractivity contribution is -0.383. The molecule has 0 unspecified atom stereocenters. The Morgan fingerprint density at radius 2 is 2.14 bits per heavy atom. The van der Waals surface area contributed by atoms with E-state index < -0.39 is 36.1 Å². The van der Waals surface area contributed by atoms with Gasteiger partial charge in [-0.25, -0.2) is 4.68 Å². The van der Waals surface area contributed by atoms with Crippen LogP contribution in [0.5, 0.6) is 0 Å². The molecule has 0 bridgehead atoms. The summed E-state index contributed by atoms with van der Waals surface area (Å²) < 4.78 is 6.56. The second kappa shape index (κ2) is 5.04. The number of aliphatic hydroxyl groups is 3. The van der Waals surface area contributed by atoms with Crippen molar-refractivity contribution in [3.63, 3.8) is 0 Å². The van der Waals surface area contributed by atoms with Gasteiger partial charge in [0, 0.05) is 12.3 Å². The Bertz CT molecular complexity index is 687. The van der Waals surface area contributed by atoms with Crippen LogP contribution in [0.2, 0.25) is 0 Å². The summed E-state index contributed by atoms with van der Waals surface area (Å²) in [5.74, 6) is 0. The quantitative estimate of drug-likeness (QED) is 0.516. The van der Waals surface area contributed by atoms with Crippen LogP contribution in [0.1, 0.15) is 6.23 Å². The van der Waals surface area contributed by atoms with Gasteiger partial charge in [0.25, 0.3) is 5.69 Å². The number of aromatic nitrogens is 2. The van der Waals surface area contributed by atoms with Gasteiger partial charge in [0.1, 0.15) is 18.3 Å². The molecule has 1 fully saturated rings. The molecular formula is C12H13N3O6. The van der Waals surface area contributed by atoms with Crippen LogP contribution in [0.4, 0.5) is 5.69 Å². The van der Waals surface area contributed by atoms with Crippen molar-refractivity contribution < 1.29 is 25.0 Å². The number of nitro groups is 1. The van der Waals surface area contributed by atoms with Crippen molar-refractivity contribution >= 4 is 16.6 Å². The van der Waals surface area contributed by atoms with E-state index in [-0.39, 0.29) is 5.69 Å².